The maximum absolute atomic E-state index is 6.13. The van der Waals surface area contributed by atoms with Crippen molar-refractivity contribution in [3.8, 4) is 0 Å². The van der Waals surface area contributed by atoms with Gasteiger partial charge in [-0.05, 0) is 23.6 Å². The van der Waals surface area contributed by atoms with Crippen LogP contribution in [0.4, 0.5) is 0 Å². The molecule has 2 N–H and O–H groups in total. The first kappa shape index (κ1) is 16.0. The fraction of sp³-hybridized carbons (Fsp3) is 0.333. The van der Waals surface area contributed by atoms with Gasteiger partial charge in [0.15, 0.2) is 0 Å². The van der Waals surface area contributed by atoms with E-state index in [0.29, 0.717) is 6.04 Å². The highest BCUT2D eigenvalue weighted by atomic mass is 35.5. The topological polar surface area (TPSA) is 24.1 Å². The van der Waals surface area contributed by atoms with E-state index in [4.69, 9.17) is 11.6 Å². The molecule has 0 aliphatic carbocycles. The molecule has 0 heterocycles. The fourth-order valence-electron chi connectivity index (χ4n) is 2.38. The summed E-state index contributed by atoms with van der Waals surface area (Å²) in [7, 11) is 0. The van der Waals surface area contributed by atoms with Crippen molar-refractivity contribution in [2.75, 3.05) is 13.1 Å². The third kappa shape index (κ3) is 5.16. The van der Waals surface area contributed by atoms with Gasteiger partial charge in [-0.1, -0.05) is 67.1 Å². The molecule has 0 aromatic heterocycles. The molecule has 0 aliphatic rings. The Labute approximate surface area is 132 Å². The number of nitrogens with one attached hydrogen (secondary N) is 2. The van der Waals surface area contributed by atoms with E-state index in [1.54, 1.807) is 0 Å². The Morgan fingerprint density at radius 1 is 0.952 bits per heavy atom. The highest BCUT2D eigenvalue weighted by Crippen LogP contribution is 2.15. The van der Waals surface area contributed by atoms with Gasteiger partial charge in [-0.3, -0.25) is 0 Å². The number of halogens is 1. The summed E-state index contributed by atoms with van der Waals surface area (Å²) in [5, 5.41) is 7.85. The zero-order valence-corrected chi connectivity index (χ0v) is 13.2. The largest absolute Gasteiger partial charge is 0.311 e. The van der Waals surface area contributed by atoms with Gasteiger partial charge in [-0.15, -0.1) is 0 Å². The molecular formula is C18H23ClN2. The summed E-state index contributed by atoms with van der Waals surface area (Å²) in [6.07, 6.45) is 1.09. The number of rotatable bonds is 8. The molecule has 3 heteroatoms. The zero-order valence-electron chi connectivity index (χ0n) is 12.5. The molecule has 112 valence electrons. The van der Waals surface area contributed by atoms with Crippen molar-refractivity contribution in [1.82, 2.24) is 10.6 Å². The molecule has 0 spiro atoms. The molecule has 2 aromatic rings. The van der Waals surface area contributed by atoms with Crippen LogP contribution in [0.25, 0.3) is 0 Å². The van der Waals surface area contributed by atoms with Gasteiger partial charge in [-0.2, -0.15) is 0 Å². The van der Waals surface area contributed by atoms with Crippen molar-refractivity contribution in [3.05, 3.63) is 70.7 Å². The monoisotopic (exact) mass is 302 g/mol. The number of hydrogen-bond acceptors (Lipinski definition) is 2. The van der Waals surface area contributed by atoms with Crippen LogP contribution in [0.2, 0.25) is 5.02 Å². The summed E-state index contributed by atoms with van der Waals surface area (Å²) in [5.74, 6) is 0. The van der Waals surface area contributed by atoms with Gasteiger partial charge in [0, 0.05) is 30.7 Å². The molecule has 1 atom stereocenters. The molecule has 2 rings (SSSR count). The number of benzene rings is 2. The van der Waals surface area contributed by atoms with Crippen LogP contribution in [0, 0.1) is 0 Å². The standard InChI is InChI=1S/C18H23ClN2/c1-2-18(15-8-4-3-5-9-15)21-13-12-20-14-16-10-6-7-11-17(16)19/h3-11,18,20-21H,2,12-14H2,1H3. The second-order valence-corrected chi connectivity index (χ2v) is 5.50. The van der Waals surface area contributed by atoms with Crippen LogP contribution in [0.3, 0.4) is 0 Å². The molecule has 0 fully saturated rings. The molecule has 0 radical (unpaired) electrons. The summed E-state index contributed by atoms with van der Waals surface area (Å²) in [6, 6.07) is 19.0. The maximum atomic E-state index is 6.13. The van der Waals surface area contributed by atoms with Crippen LogP contribution in [-0.4, -0.2) is 13.1 Å². The summed E-state index contributed by atoms with van der Waals surface area (Å²) in [5.41, 5.74) is 2.50. The van der Waals surface area contributed by atoms with Crippen LogP contribution in [0.5, 0.6) is 0 Å². The highest BCUT2D eigenvalue weighted by Gasteiger charge is 2.06. The van der Waals surface area contributed by atoms with Gasteiger partial charge in [-0.25, -0.2) is 0 Å². The first-order valence-electron chi connectivity index (χ1n) is 7.53. The van der Waals surface area contributed by atoms with Gasteiger partial charge in [0.05, 0.1) is 0 Å². The summed E-state index contributed by atoms with van der Waals surface area (Å²) < 4.78 is 0. The lowest BCUT2D eigenvalue weighted by molar-refractivity contribution is 0.504. The van der Waals surface area contributed by atoms with Crippen molar-refractivity contribution in [2.24, 2.45) is 0 Å². The maximum Gasteiger partial charge on any atom is 0.0450 e. The van der Waals surface area contributed by atoms with Gasteiger partial charge >= 0.3 is 0 Å². The molecule has 21 heavy (non-hydrogen) atoms. The van der Waals surface area contributed by atoms with E-state index in [2.05, 4.69) is 54.0 Å². The van der Waals surface area contributed by atoms with Crippen molar-refractivity contribution in [2.45, 2.75) is 25.9 Å². The van der Waals surface area contributed by atoms with E-state index in [1.165, 1.54) is 5.56 Å². The van der Waals surface area contributed by atoms with E-state index >= 15 is 0 Å². The van der Waals surface area contributed by atoms with Crippen LogP contribution >= 0.6 is 11.6 Å². The Morgan fingerprint density at radius 3 is 2.38 bits per heavy atom. The van der Waals surface area contributed by atoms with Gasteiger partial charge in [0.2, 0.25) is 0 Å². The smallest absolute Gasteiger partial charge is 0.0450 e. The summed E-state index contributed by atoms with van der Waals surface area (Å²) in [6.45, 7) is 4.89. The van der Waals surface area contributed by atoms with Crippen molar-refractivity contribution in [1.29, 1.82) is 0 Å². The Balaban J connectivity index is 1.71. The fourth-order valence-corrected chi connectivity index (χ4v) is 2.59. The quantitative estimate of drug-likeness (QED) is 0.715. The van der Waals surface area contributed by atoms with E-state index in [0.717, 1.165) is 36.6 Å². The normalized spacial score (nSPS) is 12.3. The third-order valence-corrected chi connectivity index (χ3v) is 3.94. The van der Waals surface area contributed by atoms with Crippen molar-refractivity contribution >= 4 is 11.6 Å². The Bertz CT molecular complexity index is 528. The number of hydrogen-bond donors (Lipinski definition) is 2. The lowest BCUT2D eigenvalue weighted by atomic mass is 10.0. The van der Waals surface area contributed by atoms with Gasteiger partial charge in [0.25, 0.3) is 0 Å². The second kappa shape index (κ2) is 8.83. The molecule has 0 bridgehead atoms. The summed E-state index contributed by atoms with van der Waals surface area (Å²) in [4.78, 5) is 0. The van der Waals surface area contributed by atoms with Crippen LogP contribution in [-0.2, 0) is 6.54 Å². The molecule has 2 nitrogen and oxygen atoms in total. The van der Waals surface area contributed by atoms with Crippen LogP contribution in [0.1, 0.15) is 30.5 Å². The minimum absolute atomic E-state index is 0.424. The minimum atomic E-state index is 0.424. The first-order chi connectivity index (χ1) is 10.3. The SMILES string of the molecule is CCC(NCCNCc1ccccc1Cl)c1ccccc1. The molecular weight excluding hydrogens is 280 g/mol. The average Bonchev–Trinajstić information content (AvgIpc) is 2.53. The first-order valence-corrected chi connectivity index (χ1v) is 7.91. The molecule has 0 amide bonds. The van der Waals surface area contributed by atoms with Gasteiger partial charge in [0.1, 0.15) is 0 Å². The molecule has 0 saturated heterocycles. The predicted molar refractivity (Wildman–Crippen MR) is 90.6 cm³/mol. The molecule has 2 aromatic carbocycles. The molecule has 0 aliphatic heterocycles. The lowest BCUT2D eigenvalue weighted by Gasteiger charge is -2.17. The average molecular weight is 303 g/mol. The van der Waals surface area contributed by atoms with E-state index in [-0.39, 0.29) is 0 Å². The molecule has 0 saturated carbocycles. The summed E-state index contributed by atoms with van der Waals surface area (Å²) >= 11 is 6.13. The van der Waals surface area contributed by atoms with Crippen LogP contribution < -0.4 is 10.6 Å². The Kier molecular flexibility index (Phi) is 6.74. The van der Waals surface area contributed by atoms with E-state index in [9.17, 15) is 0 Å². The lowest BCUT2D eigenvalue weighted by Crippen LogP contribution is -2.30. The van der Waals surface area contributed by atoms with Gasteiger partial charge < -0.3 is 10.6 Å². The predicted octanol–water partition coefficient (Wildman–Crippen LogP) is 4.17. The third-order valence-electron chi connectivity index (χ3n) is 3.58. The Hall–Kier alpha value is -1.35. The van der Waals surface area contributed by atoms with E-state index < -0.39 is 0 Å². The van der Waals surface area contributed by atoms with Crippen molar-refractivity contribution in [3.63, 3.8) is 0 Å². The second-order valence-electron chi connectivity index (χ2n) is 5.09. The zero-order chi connectivity index (χ0) is 14.9. The Morgan fingerprint density at radius 2 is 1.67 bits per heavy atom. The van der Waals surface area contributed by atoms with E-state index in [1.807, 2.05) is 18.2 Å². The van der Waals surface area contributed by atoms with Crippen molar-refractivity contribution < 1.29 is 0 Å². The molecule has 1 unspecified atom stereocenters. The van der Waals surface area contributed by atoms with Crippen LogP contribution in [0.15, 0.2) is 54.6 Å². The minimum Gasteiger partial charge on any atom is -0.311 e. The highest BCUT2D eigenvalue weighted by molar-refractivity contribution is 6.31.